The zero-order chi connectivity index (χ0) is 10.1. The average Bonchev–Trinajstić information content (AvgIpc) is 2.17. The summed E-state index contributed by atoms with van der Waals surface area (Å²) in [5.74, 6) is -1.10. The third-order valence-electron chi connectivity index (χ3n) is 1.99. The lowest BCUT2D eigenvalue weighted by molar-refractivity contribution is -0.577. The van der Waals surface area contributed by atoms with Crippen molar-refractivity contribution in [2.24, 2.45) is 0 Å². The highest BCUT2D eigenvalue weighted by Crippen LogP contribution is 2.10. The smallest absolute Gasteiger partial charge is 0.341 e. The molecule has 0 aliphatic rings. The van der Waals surface area contributed by atoms with Crippen molar-refractivity contribution in [1.29, 1.82) is 0 Å². The number of nitrogens with zero attached hydrogens (tertiary/aromatic N) is 1. The van der Waals surface area contributed by atoms with Crippen LogP contribution in [-0.4, -0.2) is 11.1 Å². The summed E-state index contributed by atoms with van der Waals surface area (Å²) in [5.41, 5.74) is 0.469. The first-order valence-electron chi connectivity index (χ1n) is 4.04. The maximum atomic E-state index is 11.4. The van der Waals surface area contributed by atoms with Gasteiger partial charge in [0.2, 0.25) is 5.52 Å². The van der Waals surface area contributed by atoms with Crippen molar-refractivity contribution in [2.75, 3.05) is 0 Å². The van der Waals surface area contributed by atoms with Crippen molar-refractivity contribution in [3.8, 4) is 0 Å². The third-order valence-corrected chi connectivity index (χ3v) is 1.99. The van der Waals surface area contributed by atoms with Crippen LogP contribution < -0.4 is 4.73 Å². The Morgan fingerprint density at radius 3 is 2.79 bits per heavy atom. The van der Waals surface area contributed by atoms with Crippen LogP contribution in [0.1, 0.15) is 10.4 Å². The quantitative estimate of drug-likeness (QED) is 0.541. The minimum Gasteiger partial charge on any atom is -0.618 e. The fraction of sp³-hybridized carbons (Fsp3) is 0. The molecule has 4 heteroatoms. The Morgan fingerprint density at radius 1 is 1.36 bits per heavy atom. The highest BCUT2D eigenvalue weighted by Gasteiger charge is 2.10. The van der Waals surface area contributed by atoms with Crippen LogP contribution in [-0.2, 0) is 0 Å². The van der Waals surface area contributed by atoms with Crippen molar-refractivity contribution >= 4 is 16.9 Å². The van der Waals surface area contributed by atoms with Crippen LogP contribution in [0.5, 0.6) is 0 Å². The fourth-order valence-electron chi connectivity index (χ4n) is 1.33. The van der Waals surface area contributed by atoms with E-state index in [1.807, 2.05) is 0 Å². The minimum absolute atomic E-state index is 0.00120. The predicted octanol–water partition coefficient (Wildman–Crippen LogP) is 1.17. The lowest BCUT2D eigenvalue weighted by Crippen LogP contribution is -2.27. The van der Waals surface area contributed by atoms with Crippen LogP contribution >= 0.6 is 0 Å². The Morgan fingerprint density at radius 2 is 2.07 bits per heavy atom. The van der Waals surface area contributed by atoms with Gasteiger partial charge in [0, 0.05) is 11.5 Å². The van der Waals surface area contributed by atoms with E-state index in [1.54, 1.807) is 24.3 Å². The van der Waals surface area contributed by atoms with E-state index in [2.05, 4.69) is 0 Å². The summed E-state index contributed by atoms with van der Waals surface area (Å²) in [6.07, 6.45) is 1.06. The molecule has 2 rings (SSSR count). The summed E-state index contributed by atoms with van der Waals surface area (Å²) in [5, 5.41) is 20.7. The number of benzene rings is 1. The molecule has 0 bridgehead atoms. The third kappa shape index (κ3) is 1.26. The average molecular weight is 189 g/mol. The Bertz CT molecular complexity index is 508. The van der Waals surface area contributed by atoms with Gasteiger partial charge in [0.15, 0.2) is 6.20 Å². The summed E-state index contributed by atoms with van der Waals surface area (Å²) >= 11 is 0. The number of aromatic carboxylic acids is 1. The monoisotopic (exact) mass is 189 g/mol. The van der Waals surface area contributed by atoms with Crippen molar-refractivity contribution < 1.29 is 14.6 Å². The van der Waals surface area contributed by atoms with E-state index in [1.165, 1.54) is 6.07 Å². The van der Waals surface area contributed by atoms with Crippen LogP contribution in [0.2, 0.25) is 0 Å². The molecule has 14 heavy (non-hydrogen) atoms. The molecule has 0 unspecified atom stereocenters. The largest absolute Gasteiger partial charge is 0.618 e. The molecule has 0 saturated heterocycles. The number of aromatic nitrogens is 1. The van der Waals surface area contributed by atoms with E-state index in [4.69, 9.17) is 5.11 Å². The molecule has 0 saturated carbocycles. The van der Waals surface area contributed by atoms with Gasteiger partial charge in [-0.2, -0.15) is 4.73 Å². The molecule has 1 heterocycles. The van der Waals surface area contributed by atoms with Gasteiger partial charge in [-0.3, -0.25) is 0 Å². The minimum atomic E-state index is -1.10. The molecular weight excluding hydrogens is 182 g/mol. The molecule has 1 aromatic carbocycles. The number of carbonyl (C=O) groups is 1. The number of rotatable bonds is 1. The number of carboxylic acid groups (broad SMARTS) is 1. The van der Waals surface area contributed by atoms with Crippen molar-refractivity contribution in [3.05, 3.63) is 47.3 Å². The molecule has 0 spiro atoms. The molecule has 1 aromatic heterocycles. The number of para-hydroxylation sites is 1. The highest BCUT2D eigenvalue weighted by atomic mass is 16.5. The van der Waals surface area contributed by atoms with Gasteiger partial charge in [0.05, 0.1) is 0 Å². The lowest BCUT2D eigenvalue weighted by atomic mass is 10.1. The molecule has 0 atom stereocenters. The number of hydrogen-bond donors (Lipinski definition) is 1. The molecule has 4 nitrogen and oxygen atoms in total. The first-order valence-corrected chi connectivity index (χ1v) is 4.04. The second kappa shape index (κ2) is 2.99. The van der Waals surface area contributed by atoms with Crippen LogP contribution in [0.3, 0.4) is 0 Å². The maximum absolute atomic E-state index is 11.4. The van der Waals surface area contributed by atoms with Gasteiger partial charge >= 0.3 is 5.97 Å². The number of hydrogen-bond acceptors (Lipinski definition) is 2. The normalized spacial score (nSPS) is 10.3. The predicted molar refractivity (Wildman–Crippen MR) is 49.9 cm³/mol. The summed E-state index contributed by atoms with van der Waals surface area (Å²) in [6, 6.07) is 8.32. The molecule has 1 N–H and O–H groups in total. The van der Waals surface area contributed by atoms with Gasteiger partial charge in [0.25, 0.3) is 0 Å². The highest BCUT2D eigenvalue weighted by molar-refractivity contribution is 5.91. The summed E-state index contributed by atoms with van der Waals surface area (Å²) in [6.45, 7) is 0. The Hall–Kier alpha value is -2.10. The van der Waals surface area contributed by atoms with Crippen molar-refractivity contribution in [2.45, 2.75) is 0 Å². The molecule has 70 valence electrons. The van der Waals surface area contributed by atoms with E-state index in [0.717, 1.165) is 6.20 Å². The standard InChI is InChI=1S/C10H7NO3/c12-10(13)8-5-7-3-1-2-4-9(7)11(14)6-8/h1-6H,(H,12,13). The Balaban J connectivity index is 2.78. The SMILES string of the molecule is O=C(O)c1cc2ccccc2[n+]([O-])c1. The zero-order valence-corrected chi connectivity index (χ0v) is 7.18. The Labute approximate surface area is 79.6 Å². The first kappa shape index (κ1) is 8.50. The Kier molecular flexibility index (Phi) is 1.81. The molecule has 0 fully saturated rings. The van der Waals surface area contributed by atoms with Gasteiger partial charge in [-0.05, 0) is 12.1 Å². The molecule has 0 aliphatic carbocycles. The maximum Gasteiger partial charge on any atom is 0.341 e. The molecule has 2 aromatic rings. The summed E-state index contributed by atoms with van der Waals surface area (Å²) in [4.78, 5) is 10.6. The van der Waals surface area contributed by atoms with E-state index >= 15 is 0 Å². The molecule has 0 radical (unpaired) electrons. The zero-order valence-electron chi connectivity index (χ0n) is 7.18. The summed E-state index contributed by atoms with van der Waals surface area (Å²) < 4.78 is 0.568. The van der Waals surface area contributed by atoms with Gasteiger partial charge in [-0.25, -0.2) is 4.79 Å². The second-order valence-corrected chi connectivity index (χ2v) is 2.92. The number of fused-ring (bicyclic) bond motifs is 1. The second-order valence-electron chi connectivity index (χ2n) is 2.92. The van der Waals surface area contributed by atoms with Crippen molar-refractivity contribution in [1.82, 2.24) is 0 Å². The van der Waals surface area contributed by atoms with Crippen LogP contribution in [0.15, 0.2) is 36.5 Å². The van der Waals surface area contributed by atoms with E-state index < -0.39 is 5.97 Å². The summed E-state index contributed by atoms with van der Waals surface area (Å²) in [7, 11) is 0. The molecular formula is C10H7NO3. The van der Waals surface area contributed by atoms with Gasteiger partial charge in [-0.15, -0.1) is 0 Å². The van der Waals surface area contributed by atoms with Crippen LogP contribution in [0, 0.1) is 5.21 Å². The van der Waals surface area contributed by atoms with Gasteiger partial charge in [-0.1, -0.05) is 12.1 Å². The molecule has 0 aliphatic heterocycles. The lowest BCUT2D eigenvalue weighted by Gasteiger charge is -2.02. The van der Waals surface area contributed by atoms with E-state index in [9.17, 15) is 10.0 Å². The fourth-order valence-corrected chi connectivity index (χ4v) is 1.33. The van der Waals surface area contributed by atoms with E-state index in [-0.39, 0.29) is 5.56 Å². The van der Waals surface area contributed by atoms with E-state index in [0.29, 0.717) is 15.6 Å². The first-order chi connectivity index (χ1) is 6.68. The molecule has 0 amide bonds. The van der Waals surface area contributed by atoms with Crippen molar-refractivity contribution in [3.63, 3.8) is 0 Å². The van der Waals surface area contributed by atoms with Gasteiger partial charge in [0.1, 0.15) is 5.56 Å². The number of carboxylic acids is 1. The topological polar surface area (TPSA) is 64.2 Å². The number of pyridine rings is 1. The van der Waals surface area contributed by atoms with Crippen LogP contribution in [0.4, 0.5) is 0 Å². The van der Waals surface area contributed by atoms with Gasteiger partial charge < -0.3 is 10.3 Å². The van der Waals surface area contributed by atoms with Crippen LogP contribution in [0.25, 0.3) is 10.9 Å².